The second-order valence-corrected chi connectivity index (χ2v) is 6.70. The number of halogens is 1. The summed E-state index contributed by atoms with van der Waals surface area (Å²) in [4.78, 5) is 0. The van der Waals surface area contributed by atoms with E-state index in [0.29, 0.717) is 5.69 Å². The van der Waals surface area contributed by atoms with Gasteiger partial charge in [0.2, 0.25) is 5.03 Å². The Kier molecular flexibility index (Phi) is 3.64. The van der Waals surface area contributed by atoms with Gasteiger partial charge in [-0.25, -0.2) is 4.68 Å². The van der Waals surface area contributed by atoms with Crippen LogP contribution in [-0.2, 0) is 17.1 Å². The van der Waals surface area contributed by atoms with Crippen LogP contribution in [-0.4, -0.2) is 30.5 Å². The topological polar surface area (TPSA) is 68.1 Å². The Bertz CT molecular complexity index is 692. The first-order valence-corrected chi connectivity index (χ1v) is 7.68. The molecule has 0 saturated carbocycles. The number of rotatable bonds is 3. The third-order valence-electron chi connectivity index (χ3n) is 2.80. The molecule has 19 heavy (non-hydrogen) atoms. The number of hydrogen-bond acceptors (Lipinski definition) is 4. The van der Waals surface area contributed by atoms with Gasteiger partial charge in [-0.1, -0.05) is 23.4 Å². The molecule has 0 atom stereocenters. The number of aryl methyl sites for hydroxylation is 2. The molecular weight excluding hydrogens is 332 g/mol. The minimum Gasteiger partial charge on any atom is -0.268 e. The van der Waals surface area contributed by atoms with Crippen molar-refractivity contribution in [2.24, 2.45) is 7.05 Å². The highest BCUT2D eigenvalue weighted by molar-refractivity contribution is 9.10. The number of para-hydroxylation sites is 1. The maximum Gasteiger partial charge on any atom is 0.284 e. The molecule has 0 bridgehead atoms. The monoisotopic (exact) mass is 344 g/mol. The minimum atomic E-state index is -3.71. The van der Waals surface area contributed by atoms with Crippen LogP contribution in [0.1, 0.15) is 5.56 Å². The highest BCUT2D eigenvalue weighted by atomic mass is 79.9. The van der Waals surface area contributed by atoms with Crippen LogP contribution in [0.25, 0.3) is 0 Å². The van der Waals surface area contributed by atoms with Crippen LogP contribution in [0.5, 0.6) is 0 Å². The normalized spacial score (nSPS) is 11.6. The summed E-state index contributed by atoms with van der Waals surface area (Å²) in [5.74, 6) is 0. The summed E-state index contributed by atoms with van der Waals surface area (Å²) in [7, 11) is -0.659. The third-order valence-corrected chi connectivity index (χ3v) is 5.46. The smallest absolute Gasteiger partial charge is 0.268 e. The lowest BCUT2D eigenvalue weighted by Gasteiger charge is -2.21. The van der Waals surface area contributed by atoms with Gasteiger partial charge in [0.05, 0.1) is 5.69 Å². The average Bonchev–Trinajstić information content (AvgIpc) is 2.69. The van der Waals surface area contributed by atoms with Gasteiger partial charge in [0, 0.05) is 14.1 Å². The Morgan fingerprint density at radius 2 is 1.95 bits per heavy atom. The lowest BCUT2D eigenvalue weighted by Crippen LogP contribution is -2.29. The molecule has 102 valence electrons. The molecular formula is C11H13BrN4O2S. The Hall–Kier alpha value is -1.41. The van der Waals surface area contributed by atoms with E-state index in [1.54, 1.807) is 12.1 Å². The van der Waals surface area contributed by atoms with Crippen molar-refractivity contribution in [3.8, 4) is 0 Å². The van der Waals surface area contributed by atoms with Crippen molar-refractivity contribution < 1.29 is 8.42 Å². The van der Waals surface area contributed by atoms with E-state index >= 15 is 0 Å². The van der Waals surface area contributed by atoms with Gasteiger partial charge in [0.1, 0.15) is 0 Å². The van der Waals surface area contributed by atoms with E-state index < -0.39 is 10.0 Å². The van der Waals surface area contributed by atoms with Gasteiger partial charge in [-0.3, -0.25) is 4.31 Å². The largest absolute Gasteiger partial charge is 0.284 e. The van der Waals surface area contributed by atoms with Gasteiger partial charge in [-0.2, -0.15) is 8.42 Å². The summed E-state index contributed by atoms with van der Waals surface area (Å²) >= 11 is 3.11. The average molecular weight is 345 g/mol. The summed E-state index contributed by atoms with van der Waals surface area (Å²) in [6, 6.07) is 7.27. The number of benzene rings is 1. The zero-order valence-corrected chi connectivity index (χ0v) is 13.1. The lowest BCUT2D eigenvalue weighted by molar-refractivity contribution is 0.572. The molecule has 6 nitrogen and oxygen atoms in total. The first kappa shape index (κ1) is 14.0. The van der Waals surface area contributed by atoms with Crippen molar-refractivity contribution in [3.05, 3.63) is 34.4 Å². The SMILES string of the molecule is Cc1ccccc1N(C)S(=O)(=O)c1c(Br)nnn1C. The van der Waals surface area contributed by atoms with Crippen molar-refractivity contribution in [2.75, 3.05) is 11.4 Å². The molecule has 2 aromatic rings. The molecule has 8 heteroatoms. The van der Waals surface area contributed by atoms with Crippen molar-refractivity contribution in [2.45, 2.75) is 11.9 Å². The highest BCUT2D eigenvalue weighted by Crippen LogP contribution is 2.27. The van der Waals surface area contributed by atoms with E-state index in [1.165, 1.54) is 23.1 Å². The summed E-state index contributed by atoms with van der Waals surface area (Å²) in [6.45, 7) is 1.86. The van der Waals surface area contributed by atoms with Crippen molar-refractivity contribution >= 4 is 31.6 Å². The van der Waals surface area contributed by atoms with Gasteiger partial charge in [-0.05, 0) is 34.5 Å². The molecule has 0 amide bonds. The summed E-state index contributed by atoms with van der Waals surface area (Å²) in [6.07, 6.45) is 0. The van der Waals surface area contributed by atoms with Crippen LogP contribution in [0.2, 0.25) is 0 Å². The molecule has 2 rings (SSSR count). The van der Waals surface area contributed by atoms with Crippen LogP contribution < -0.4 is 4.31 Å². The number of nitrogens with zero attached hydrogens (tertiary/aromatic N) is 4. The second-order valence-electron chi connectivity index (χ2n) is 4.07. The molecule has 0 unspecified atom stereocenters. The third kappa shape index (κ3) is 2.37. The fourth-order valence-electron chi connectivity index (χ4n) is 1.77. The van der Waals surface area contributed by atoms with E-state index in [9.17, 15) is 8.42 Å². The molecule has 0 aliphatic rings. The van der Waals surface area contributed by atoms with E-state index in [2.05, 4.69) is 26.2 Å². The number of hydrogen-bond donors (Lipinski definition) is 0. The van der Waals surface area contributed by atoms with Gasteiger partial charge < -0.3 is 0 Å². The van der Waals surface area contributed by atoms with Gasteiger partial charge in [-0.15, -0.1) is 5.10 Å². The standard InChI is InChI=1S/C11H13BrN4O2S/c1-8-6-4-5-7-9(8)16(3)19(17,18)11-10(12)13-14-15(11)2/h4-7H,1-3H3. The van der Waals surface area contributed by atoms with Gasteiger partial charge in [0.15, 0.2) is 4.60 Å². The Morgan fingerprint density at radius 3 is 2.47 bits per heavy atom. The Morgan fingerprint density at radius 1 is 1.32 bits per heavy atom. The first-order valence-electron chi connectivity index (χ1n) is 5.45. The van der Waals surface area contributed by atoms with E-state index in [4.69, 9.17) is 0 Å². The van der Waals surface area contributed by atoms with Gasteiger partial charge >= 0.3 is 0 Å². The molecule has 0 N–H and O–H groups in total. The lowest BCUT2D eigenvalue weighted by atomic mass is 10.2. The maximum absolute atomic E-state index is 12.6. The van der Waals surface area contributed by atoms with Crippen molar-refractivity contribution in [1.29, 1.82) is 0 Å². The van der Waals surface area contributed by atoms with Crippen molar-refractivity contribution in [1.82, 2.24) is 15.0 Å². The second kappa shape index (κ2) is 4.93. The van der Waals surface area contributed by atoms with Crippen LogP contribution >= 0.6 is 15.9 Å². The zero-order valence-electron chi connectivity index (χ0n) is 10.7. The fourth-order valence-corrected chi connectivity index (χ4v) is 4.06. The van der Waals surface area contributed by atoms with Crippen LogP contribution in [0, 0.1) is 6.92 Å². The molecule has 0 fully saturated rings. The zero-order chi connectivity index (χ0) is 14.2. The molecule has 0 aliphatic carbocycles. The predicted molar refractivity (Wildman–Crippen MR) is 75.5 cm³/mol. The molecule has 0 spiro atoms. The van der Waals surface area contributed by atoms with E-state index in [0.717, 1.165) is 5.56 Å². The molecule has 1 aromatic carbocycles. The van der Waals surface area contributed by atoms with E-state index in [1.807, 2.05) is 19.1 Å². The van der Waals surface area contributed by atoms with Crippen LogP contribution in [0.15, 0.2) is 33.9 Å². The molecule has 0 saturated heterocycles. The minimum absolute atomic E-state index is 0.0262. The Balaban J connectivity index is 2.55. The maximum atomic E-state index is 12.6. The Labute approximate surface area is 120 Å². The summed E-state index contributed by atoms with van der Waals surface area (Å²) in [5.41, 5.74) is 1.50. The summed E-state index contributed by atoms with van der Waals surface area (Å²) in [5, 5.41) is 7.43. The molecule has 1 heterocycles. The van der Waals surface area contributed by atoms with Crippen LogP contribution in [0.3, 0.4) is 0 Å². The summed E-state index contributed by atoms with van der Waals surface area (Å²) < 4.78 is 27.8. The number of sulfonamides is 1. The van der Waals surface area contributed by atoms with Gasteiger partial charge in [0.25, 0.3) is 10.0 Å². The van der Waals surface area contributed by atoms with E-state index in [-0.39, 0.29) is 9.63 Å². The number of anilines is 1. The number of aromatic nitrogens is 3. The molecule has 1 aromatic heterocycles. The molecule has 0 aliphatic heterocycles. The highest BCUT2D eigenvalue weighted by Gasteiger charge is 2.29. The van der Waals surface area contributed by atoms with Crippen LogP contribution in [0.4, 0.5) is 5.69 Å². The predicted octanol–water partition coefficient (Wildman–Crippen LogP) is 1.71. The first-order chi connectivity index (χ1) is 8.85. The molecule has 0 radical (unpaired) electrons. The van der Waals surface area contributed by atoms with Crippen molar-refractivity contribution in [3.63, 3.8) is 0 Å². The quantitative estimate of drug-likeness (QED) is 0.849. The fraction of sp³-hybridized carbons (Fsp3) is 0.273.